The molecule has 1 saturated heterocycles. The lowest BCUT2D eigenvalue weighted by Crippen LogP contribution is -2.43. The highest BCUT2D eigenvalue weighted by Gasteiger charge is 2.20. The molecule has 1 aromatic carbocycles. The third-order valence-electron chi connectivity index (χ3n) is 3.19. The van der Waals surface area contributed by atoms with Crippen LogP contribution in [0.5, 0.6) is 0 Å². The van der Waals surface area contributed by atoms with Gasteiger partial charge in [0, 0.05) is 28.5 Å². The van der Waals surface area contributed by atoms with Crippen LogP contribution in [0.4, 0.5) is 5.69 Å². The molecule has 0 aromatic heterocycles. The summed E-state index contributed by atoms with van der Waals surface area (Å²) in [5.74, 6) is 0.542. The number of benzene rings is 1. The van der Waals surface area contributed by atoms with Crippen molar-refractivity contribution in [3.8, 4) is 0 Å². The van der Waals surface area contributed by atoms with Crippen LogP contribution in [0.1, 0.15) is 24.8 Å². The first kappa shape index (κ1) is 14.2. The minimum Gasteiger partial charge on any atom is -0.325 e. The van der Waals surface area contributed by atoms with E-state index in [9.17, 15) is 9.00 Å². The highest BCUT2D eigenvalue weighted by molar-refractivity contribution is 7.83. The van der Waals surface area contributed by atoms with Gasteiger partial charge >= 0.3 is 0 Å². The number of nitrogens with one attached hydrogen (secondary N) is 2. The quantitative estimate of drug-likeness (QED) is 0.881. The molecule has 0 spiro atoms. The largest absolute Gasteiger partial charge is 0.325 e. The molecule has 1 aliphatic heterocycles. The molecule has 0 aliphatic carbocycles. The van der Waals surface area contributed by atoms with Crippen molar-refractivity contribution < 1.29 is 9.00 Å². The van der Waals surface area contributed by atoms with Gasteiger partial charge in [-0.2, -0.15) is 0 Å². The fourth-order valence-corrected chi connectivity index (χ4v) is 2.93. The van der Waals surface area contributed by atoms with E-state index in [1.807, 2.05) is 24.3 Å². The van der Waals surface area contributed by atoms with E-state index < -0.39 is 10.8 Å². The second-order valence-electron chi connectivity index (χ2n) is 4.91. The fourth-order valence-electron chi connectivity index (χ4n) is 2.28. The van der Waals surface area contributed by atoms with Gasteiger partial charge in [-0.25, -0.2) is 0 Å². The maximum atomic E-state index is 12.1. The summed E-state index contributed by atoms with van der Waals surface area (Å²) in [6.45, 7) is 0.910. The lowest BCUT2D eigenvalue weighted by atomic mass is 10.0. The van der Waals surface area contributed by atoms with Gasteiger partial charge in [0.1, 0.15) is 0 Å². The van der Waals surface area contributed by atoms with Crippen molar-refractivity contribution in [2.24, 2.45) is 0 Å². The number of rotatable bonds is 4. The van der Waals surface area contributed by atoms with Crippen molar-refractivity contribution in [1.82, 2.24) is 5.32 Å². The number of carbonyl (C=O) groups is 1. The van der Waals surface area contributed by atoms with Crippen molar-refractivity contribution >= 4 is 22.4 Å². The average Bonchev–Trinajstić information content (AvgIpc) is 2.39. The molecule has 104 valence electrons. The molecule has 5 heteroatoms. The highest BCUT2D eigenvalue weighted by atomic mass is 32.2. The van der Waals surface area contributed by atoms with Gasteiger partial charge in [-0.15, -0.1) is 0 Å². The Kier molecular flexibility index (Phi) is 5.10. The summed E-state index contributed by atoms with van der Waals surface area (Å²) in [4.78, 5) is 12.1. The van der Waals surface area contributed by atoms with Crippen molar-refractivity contribution in [2.75, 3.05) is 18.1 Å². The lowest BCUT2D eigenvalue weighted by Gasteiger charge is -2.22. The Morgan fingerprint density at radius 1 is 1.47 bits per heavy atom. The van der Waals surface area contributed by atoms with E-state index in [1.165, 1.54) is 0 Å². The molecular weight excluding hydrogens is 260 g/mol. The van der Waals surface area contributed by atoms with E-state index in [2.05, 4.69) is 10.6 Å². The molecule has 2 unspecified atom stereocenters. The first-order valence-corrected chi connectivity index (χ1v) is 8.31. The third kappa shape index (κ3) is 4.44. The molecule has 2 N–H and O–H groups in total. The molecule has 1 aliphatic rings. The van der Waals surface area contributed by atoms with Crippen LogP contribution >= 0.6 is 0 Å². The average molecular weight is 280 g/mol. The SMILES string of the molecule is CS(=O)Cc1cccc(NC(=O)C2CCCCN2)c1. The van der Waals surface area contributed by atoms with Crippen LogP contribution in [-0.2, 0) is 21.3 Å². The summed E-state index contributed by atoms with van der Waals surface area (Å²) in [6, 6.07) is 7.48. The summed E-state index contributed by atoms with van der Waals surface area (Å²) in [7, 11) is -0.867. The molecule has 0 saturated carbocycles. The number of piperidine rings is 1. The van der Waals surface area contributed by atoms with Crippen LogP contribution in [0.15, 0.2) is 24.3 Å². The Morgan fingerprint density at radius 3 is 3.00 bits per heavy atom. The monoisotopic (exact) mass is 280 g/mol. The molecule has 1 amide bonds. The summed E-state index contributed by atoms with van der Waals surface area (Å²) in [6.07, 6.45) is 4.81. The van der Waals surface area contributed by atoms with Crippen LogP contribution < -0.4 is 10.6 Å². The maximum absolute atomic E-state index is 12.1. The van der Waals surface area contributed by atoms with E-state index in [0.717, 1.165) is 37.1 Å². The number of amides is 1. The Morgan fingerprint density at radius 2 is 2.32 bits per heavy atom. The zero-order chi connectivity index (χ0) is 13.7. The van der Waals surface area contributed by atoms with E-state index in [0.29, 0.717) is 5.75 Å². The zero-order valence-electron chi connectivity index (χ0n) is 11.1. The number of anilines is 1. The Balaban J connectivity index is 1.97. The molecule has 1 aromatic rings. The van der Waals surface area contributed by atoms with Crippen molar-refractivity contribution in [1.29, 1.82) is 0 Å². The zero-order valence-corrected chi connectivity index (χ0v) is 12.0. The molecule has 1 heterocycles. The van der Waals surface area contributed by atoms with Crippen molar-refractivity contribution in [3.05, 3.63) is 29.8 Å². The standard InChI is InChI=1S/C14H20N2O2S/c1-19(18)10-11-5-4-6-12(9-11)16-14(17)13-7-2-3-8-15-13/h4-6,9,13,15H,2-3,7-8,10H2,1H3,(H,16,17). The topological polar surface area (TPSA) is 58.2 Å². The number of carbonyl (C=O) groups excluding carboxylic acids is 1. The smallest absolute Gasteiger partial charge is 0.241 e. The van der Waals surface area contributed by atoms with Gasteiger partial charge in [-0.1, -0.05) is 18.6 Å². The van der Waals surface area contributed by atoms with Gasteiger partial charge in [0.15, 0.2) is 0 Å². The van der Waals surface area contributed by atoms with Crippen LogP contribution in [0.3, 0.4) is 0 Å². The minimum absolute atomic E-state index is 0.0227. The Hall–Kier alpha value is -1.20. The van der Waals surface area contributed by atoms with Crippen LogP contribution in [0.2, 0.25) is 0 Å². The predicted octanol–water partition coefficient (Wildman–Crippen LogP) is 1.65. The molecule has 19 heavy (non-hydrogen) atoms. The van der Waals surface area contributed by atoms with Crippen molar-refractivity contribution in [2.45, 2.75) is 31.1 Å². The van der Waals surface area contributed by atoms with Crippen molar-refractivity contribution in [3.63, 3.8) is 0 Å². The van der Waals surface area contributed by atoms with Gasteiger partial charge in [-0.3, -0.25) is 9.00 Å². The van der Waals surface area contributed by atoms with Gasteiger partial charge in [0.05, 0.1) is 6.04 Å². The molecule has 4 nitrogen and oxygen atoms in total. The molecule has 1 fully saturated rings. The molecule has 0 radical (unpaired) electrons. The fraction of sp³-hybridized carbons (Fsp3) is 0.500. The molecule has 2 atom stereocenters. The van der Waals surface area contributed by atoms with Gasteiger partial charge in [0.2, 0.25) is 5.91 Å². The van der Waals surface area contributed by atoms with Crippen LogP contribution in [0.25, 0.3) is 0 Å². The normalized spacial score (nSPS) is 20.8. The van der Waals surface area contributed by atoms with Gasteiger partial charge in [-0.05, 0) is 37.1 Å². The van der Waals surface area contributed by atoms with E-state index in [-0.39, 0.29) is 11.9 Å². The molecule has 2 rings (SSSR count). The second-order valence-corrected chi connectivity index (χ2v) is 6.34. The van der Waals surface area contributed by atoms with E-state index in [1.54, 1.807) is 6.26 Å². The van der Waals surface area contributed by atoms with Gasteiger partial charge in [0.25, 0.3) is 0 Å². The van der Waals surface area contributed by atoms with Crippen LogP contribution in [-0.4, -0.2) is 29.0 Å². The summed E-state index contributed by atoms with van der Waals surface area (Å²) < 4.78 is 11.2. The van der Waals surface area contributed by atoms with E-state index >= 15 is 0 Å². The highest BCUT2D eigenvalue weighted by Crippen LogP contribution is 2.14. The summed E-state index contributed by atoms with van der Waals surface area (Å²) in [5.41, 5.74) is 1.76. The minimum atomic E-state index is -0.867. The molecular formula is C14H20N2O2S. The lowest BCUT2D eigenvalue weighted by molar-refractivity contribution is -0.118. The van der Waals surface area contributed by atoms with Crippen LogP contribution in [0, 0.1) is 0 Å². The predicted molar refractivity (Wildman–Crippen MR) is 78.5 cm³/mol. The first-order valence-electron chi connectivity index (χ1n) is 6.58. The number of hydrogen-bond donors (Lipinski definition) is 2. The second kappa shape index (κ2) is 6.82. The maximum Gasteiger partial charge on any atom is 0.241 e. The number of hydrogen-bond acceptors (Lipinski definition) is 3. The first-order chi connectivity index (χ1) is 9.15. The Labute approximate surface area is 116 Å². The summed E-state index contributed by atoms with van der Waals surface area (Å²) in [5, 5.41) is 6.15. The summed E-state index contributed by atoms with van der Waals surface area (Å²) >= 11 is 0. The molecule has 0 bridgehead atoms. The van der Waals surface area contributed by atoms with Gasteiger partial charge < -0.3 is 10.6 Å². The van der Waals surface area contributed by atoms with E-state index in [4.69, 9.17) is 0 Å². The Bertz CT molecular complexity index is 470. The third-order valence-corrected chi connectivity index (χ3v) is 3.93.